The minimum atomic E-state index is -0.854. The number of fused-ring (bicyclic) bond motifs is 1. The van der Waals surface area contributed by atoms with E-state index in [-0.39, 0.29) is 5.91 Å². The first-order chi connectivity index (χ1) is 12.2. The van der Waals surface area contributed by atoms with Crippen LogP contribution in [0.2, 0.25) is 0 Å². The van der Waals surface area contributed by atoms with E-state index in [0.29, 0.717) is 23.6 Å². The predicted octanol–water partition coefficient (Wildman–Crippen LogP) is 3.06. The van der Waals surface area contributed by atoms with Crippen LogP contribution in [-0.2, 0) is 16.0 Å². The fourth-order valence-electron chi connectivity index (χ4n) is 2.80. The van der Waals surface area contributed by atoms with E-state index in [9.17, 15) is 9.59 Å². The Morgan fingerprint density at radius 1 is 1.16 bits per heavy atom. The minimum absolute atomic E-state index is 0.354. The lowest BCUT2D eigenvalue weighted by atomic mass is 9.98. The molecule has 1 unspecified atom stereocenters. The zero-order valence-corrected chi connectivity index (χ0v) is 13.1. The Morgan fingerprint density at radius 2 is 2.04 bits per heavy atom. The van der Waals surface area contributed by atoms with Crippen molar-refractivity contribution in [1.29, 1.82) is 0 Å². The highest BCUT2D eigenvalue weighted by Gasteiger charge is 2.31. The third-order valence-electron chi connectivity index (χ3n) is 3.99. The van der Waals surface area contributed by atoms with Crippen molar-refractivity contribution in [2.45, 2.75) is 12.5 Å². The lowest BCUT2D eigenvalue weighted by molar-refractivity contribution is -0.125. The Labute approximate surface area is 143 Å². The Kier molecular flexibility index (Phi) is 3.78. The van der Waals surface area contributed by atoms with Crippen LogP contribution in [0.15, 0.2) is 65.4 Å². The summed E-state index contributed by atoms with van der Waals surface area (Å²) in [5.74, 6) is -0.378. The number of benzene rings is 2. The van der Waals surface area contributed by atoms with Gasteiger partial charge < -0.3 is 14.5 Å². The number of oxazole rings is 1. The van der Waals surface area contributed by atoms with Gasteiger partial charge in [0.1, 0.15) is 6.26 Å². The van der Waals surface area contributed by atoms with Gasteiger partial charge in [-0.25, -0.2) is 9.78 Å². The van der Waals surface area contributed by atoms with E-state index in [1.807, 2.05) is 18.2 Å². The van der Waals surface area contributed by atoms with Crippen LogP contribution >= 0.6 is 0 Å². The summed E-state index contributed by atoms with van der Waals surface area (Å²) in [4.78, 5) is 28.6. The summed E-state index contributed by atoms with van der Waals surface area (Å²) in [6.07, 6.45) is 2.54. The molecule has 2 aromatic carbocycles. The highest BCUT2D eigenvalue weighted by molar-refractivity contribution is 6.00. The first-order valence-electron chi connectivity index (χ1n) is 7.80. The standard InChI is InChI=1S/C19H14N2O4/c22-17(16-11-12-4-1-2-7-15(12)19(23)25-16)21-14-6-3-5-13(10-14)18-20-8-9-24-18/h1-10,16H,11H2,(H,21,22). The maximum absolute atomic E-state index is 12.5. The fraction of sp³-hybridized carbons (Fsp3) is 0.105. The molecule has 0 aliphatic carbocycles. The monoisotopic (exact) mass is 334 g/mol. The van der Waals surface area contributed by atoms with Crippen LogP contribution in [0.3, 0.4) is 0 Å². The van der Waals surface area contributed by atoms with Gasteiger partial charge in [-0.05, 0) is 29.8 Å². The molecule has 1 aliphatic heterocycles. The smallest absolute Gasteiger partial charge is 0.339 e. The molecular formula is C19H14N2O4. The number of carbonyl (C=O) groups is 2. The van der Waals surface area contributed by atoms with Crippen LogP contribution in [0, 0.1) is 0 Å². The number of carbonyl (C=O) groups excluding carboxylic acids is 2. The zero-order chi connectivity index (χ0) is 17.2. The summed E-state index contributed by atoms with van der Waals surface area (Å²) in [6, 6.07) is 14.3. The molecule has 1 aromatic heterocycles. The number of anilines is 1. The summed E-state index contributed by atoms with van der Waals surface area (Å²) in [5, 5.41) is 2.78. The van der Waals surface area contributed by atoms with Crippen molar-refractivity contribution >= 4 is 17.6 Å². The summed E-state index contributed by atoms with van der Waals surface area (Å²) in [6.45, 7) is 0. The average Bonchev–Trinajstić information content (AvgIpc) is 3.17. The number of ether oxygens (including phenoxy) is 1. The van der Waals surface area contributed by atoms with Crippen molar-refractivity contribution < 1.29 is 18.7 Å². The van der Waals surface area contributed by atoms with E-state index in [0.717, 1.165) is 11.1 Å². The fourth-order valence-corrected chi connectivity index (χ4v) is 2.80. The second-order valence-corrected chi connectivity index (χ2v) is 5.66. The van der Waals surface area contributed by atoms with E-state index < -0.39 is 12.1 Å². The summed E-state index contributed by atoms with van der Waals surface area (Å²) < 4.78 is 10.5. The zero-order valence-electron chi connectivity index (χ0n) is 13.1. The average molecular weight is 334 g/mol. The van der Waals surface area contributed by atoms with Crippen molar-refractivity contribution in [1.82, 2.24) is 4.98 Å². The molecule has 3 aromatic rings. The van der Waals surface area contributed by atoms with E-state index >= 15 is 0 Å². The van der Waals surface area contributed by atoms with Gasteiger partial charge in [-0.2, -0.15) is 0 Å². The van der Waals surface area contributed by atoms with E-state index in [1.54, 1.807) is 36.5 Å². The third-order valence-corrected chi connectivity index (χ3v) is 3.99. The van der Waals surface area contributed by atoms with Crippen LogP contribution < -0.4 is 5.32 Å². The van der Waals surface area contributed by atoms with Crippen LogP contribution in [0.25, 0.3) is 11.5 Å². The molecule has 6 heteroatoms. The minimum Gasteiger partial charge on any atom is -0.448 e. The Hall–Kier alpha value is -3.41. The molecule has 124 valence electrons. The summed E-state index contributed by atoms with van der Waals surface area (Å²) in [5.41, 5.74) is 2.65. The maximum Gasteiger partial charge on any atom is 0.339 e. The van der Waals surface area contributed by atoms with Crippen molar-refractivity contribution in [2.24, 2.45) is 0 Å². The molecule has 1 atom stereocenters. The highest BCUT2D eigenvalue weighted by Crippen LogP contribution is 2.23. The molecular weight excluding hydrogens is 320 g/mol. The summed E-state index contributed by atoms with van der Waals surface area (Å²) in [7, 11) is 0. The lowest BCUT2D eigenvalue weighted by Gasteiger charge is -2.23. The van der Waals surface area contributed by atoms with Gasteiger partial charge >= 0.3 is 5.97 Å². The van der Waals surface area contributed by atoms with Crippen molar-refractivity contribution in [3.8, 4) is 11.5 Å². The topological polar surface area (TPSA) is 81.4 Å². The summed E-state index contributed by atoms with van der Waals surface area (Å²) >= 11 is 0. The number of nitrogens with one attached hydrogen (secondary N) is 1. The number of nitrogens with zero attached hydrogens (tertiary/aromatic N) is 1. The van der Waals surface area contributed by atoms with Crippen molar-refractivity contribution in [3.63, 3.8) is 0 Å². The maximum atomic E-state index is 12.5. The van der Waals surface area contributed by atoms with Gasteiger partial charge in [-0.3, -0.25) is 4.79 Å². The molecule has 0 bridgehead atoms. The molecule has 1 aliphatic rings. The molecule has 1 N–H and O–H groups in total. The number of esters is 1. The number of cyclic esters (lactones) is 1. The second kappa shape index (κ2) is 6.24. The number of hydrogen-bond acceptors (Lipinski definition) is 5. The normalized spacial score (nSPS) is 16.0. The molecule has 2 heterocycles. The molecule has 0 saturated heterocycles. The van der Waals surface area contributed by atoms with Crippen molar-refractivity contribution in [2.75, 3.05) is 5.32 Å². The van der Waals surface area contributed by atoms with Crippen LogP contribution in [0.4, 0.5) is 5.69 Å². The second-order valence-electron chi connectivity index (χ2n) is 5.66. The third kappa shape index (κ3) is 3.01. The molecule has 0 fully saturated rings. The highest BCUT2D eigenvalue weighted by atomic mass is 16.5. The van der Waals surface area contributed by atoms with E-state index in [1.165, 1.54) is 6.26 Å². The molecule has 0 saturated carbocycles. The molecule has 25 heavy (non-hydrogen) atoms. The van der Waals surface area contributed by atoms with Gasteiger partial charge in [0, 0.05) is 17.7 Å². The number of amides is 1. The quantitative estimate of drug-likeness (QED) is 0.745. The van der Waals surface area contributed by atoms with Crippen LogP contribution in [0.1, 0.15) is 15.9 Å². The van der Waals surface area contributed by atoms with Gasteiger partial charge in [0.25, 0.3) is 5.91 Å². The Balaban J connectivity index is 1.52. The molecule has 1 amide bonds. The van der Waals surface area contributed by atoms with Crippen molar-refractivity contribution in [3.05, 3.63) is 72.1 Å². The largest absolute Gasteiger partial charge is 0.448 e. The van der Waals surface area contributed by atoms with Crippen LogP contribution in [-0.4, -0.2) is 23.0 Å². The lowest BCUT2D eigenvalue weighted by Crippen LogP contribution is -2.37. The number of rotatable bonds is 3. The number of hydrogen-bond donors (Lipinski definition) is 1. The van der Waals surface area contributed by atoms with Gasteiger partial charge in [-0.1, -0.05) is 24.3 Å². The van der Waals surface area contributed by atoms with E-state index in [2.05, 4.69) is 10.3 Å². The number of aromatic nitrogens is 1. The molecule has 0 radical (unpaired) electrons. The SMILES string of the molecule is O=C1OC(C(=O)Nc2cccc(-c3ncco3)c2)Cc2ccccc21. The predicted molar refractivity (Wildman–Crippen MR) is 89.9 cm³/mol. The molecule has 0 spiro atoms. The van der Waals surface area contributed by atoms with Crippen LogP contribution in [0.5, 0.6) is 0 Å². The molecule has 6 nitrogen and oxygen atoms in total. The van der Waals surface area contributed by atoms with Gasteiger partial charge in [-0.15, -0.1) is 0 Å². The Bertz CT molecular complexity index is 934. The Morgan fingerprint density at radius 3 is 2.88 bits per heavy atom. The first kappa shape index (κ1) is 15.1. The van der Waals surface area contributed by atoms with Gasteiger partial charge in [0.2, 0.25) is 5.89 Å². The van der Waals surface area contributed by atoms with Gasteiger partial charge in [0.05, 0.1) is 11.8 Å². The van der Waals surface area contributed by atoms with E-state index in [4.69, 9.17) is 9.15 Å². The van der Waals surface area contributed by atoms with Gasteiger partial charge in [0.15, 0.2) is 6.10 Å². The first-order valence-corrected chi connectivity index (χ1v) is 7.80. The molecule has 4 rings (SSSR count).